The summed E-state index contributed by atoms with van der Waals surface area (Å²) >= 11 is 0. The summed E-state index contributed by atoms with van der Waals surface area (Å²) in [6.07, 6.45) is 1.13. The lowest BCUT2D eigenvalue weighted by molar-refractivity contribution is -0.130. The molecule has 1 aliphatic heterocycles. The zero-order valence-corrected chi connectivity index (χ0v) is 16.3. The van der Waals surface area contributed by atoms with E-state index in [1.54, 1.807) is 19.2 Å². The van der Waals surface area contributed by atoms with Crippen LogP contribution in [0.1, 0.15) is 30.9 Å². The summed E-state index contributed by atoms with van der Waals surface area (Å²) in [6.45, 7) is 3.83. The Bertz CT molecular complexity index is 801. The molecule has 1 saturated heterocycles. The van der Waals surface area contributed by atoms with E-state index in [2.05, 4.69) is 5.32 Å². The van der Waals surface area contributed by atoms with Gasteiger partial charge in [0, 0.05) is 19.8 Å². The van der Waals surface area contributed by atoms with Gasteiger partial charge in [-0.1, -0.05) is 18.2 Å². The Balaban J connectivity index is 1.76. The maximum absolute atomic E-state index is 13.4. The van der Waals surface area contributed by atoms with Gasteiger partial charge in [-0.15, -0.1) is 0 Å². The molecular weight excluding hydrogens is 361 g/mol. The van der Waals surface area contributed by atoms with Crippen molar-refractivity contribution in [3.63, 3.8) is 0 Å². The molecule has 1 aliphatic rings. The molecule has 0 atom stereocenters. The van der Waals surface area contributed by atoms with E-state index >= 15 is 0 Å². The molecule has 1 fully saturated rings. The Kier molecular flexibility index (Phi) is 6.52. The molecule has 1 N–H and O–H groups in total. The van der Waals surface area contributed by atoms with Crippen LogP contribution < -0.4 is 14.8 Å². The molecule has 2 aromatic carbocycles. The van der Waals surface area contributed by atoms with Crippen molar-refractivity contribution >= 4 is 5.91 Å². The molecule has 2 aromatic rings. The van der Waals surface area contributed by atoms with Gasteiger partial charge < -0.3 is 19.5 Å². The highest BCUT2D eigenvalue weighted by Gasteiger charge is 2.41. The summed E-state index contributed by atoms with van der Waals surface area (Å²) in [4.78, 5) is 13.2. The van der Waals surface area contributed by atoms with E-state index in [-0.39, 0.29) is 11.7 Å². The number of benzene rings is 2. The van der Waals surface area contributed by atoms with Crippen molar-refractivity contribution in [2.75, 3.05) is 26.9 Å². The second kappa shape index (κ2) is 9.06. The Labute approximate surface area is 164 Å². The third-order valence-corrected chi connectivity index (χ3v) is 5.16. The van der Waals surface area contributed by atoms with Crippen molar-refractivity contribution in [1.29, 1.82) is 0 Å². The maximum Gasteiger partial charge on any atom is 0.231 e. The van der Waals surface area contributed by atoms with Crippen molar-refractivity contribution in [2.45, 2.75) is 31.7 Å². The van der Waals surface area contributed by atoms with Crippen LogP contribution in [0.5, 0.6) is 11.5 Å². The summed E-state index contributed by atoms with van der Waals surface area (Å²) in [5, 5.41) is 3.04. The minimum absolute atomic E-state index is 0.0738. The highest BCUT2D eigenvalue weighted by molar-refractivity contribution is 5.88. The smallest absolute Gasteiger partial charge is 0.231 e. The number of amides is 1. The van der Waals surface area contributed by atoms with Gasteiger partial charge in [-0.05, 0) is 55.2 Å². The first-order valence-electron chi connectivity index (χ1n) is 9.51. The van der Waals surface area contributed by atoms with Crippen LogP contribution in [0.15, 0.2) is 42.5 Å². The number of methoxy groups -OCH3 is 1. The lowest BCUT2D eigenvalue weighted by Crippen LogP contribution is -2.47. The molecule has 0 spiro atoms. The zero-order chi connectivity index (χ0) is 20.0. The van der Waals surface area contributed by atoms with Crippen molar-refractivity contribution in [3.8, 4) is 11.5 Å². The van der Waals surface area contributed by atoms with E-state index in [0.29, 0.717) is 50.7 Å². The monoisotopic (exact) mass is 387 g/mol. The predicted molar refractivity (Wildman–Crippen MR) is 104 cm³/mol. The van der Waals surface area contributed by atoms with Crippen molar-refractivity contribution in [1.82, 2.24) is 5.32 Å². The van der Waals surface area contributed by atoms with Gasteiger partial charge in [0.05, 0.1) is 19.1 Å². The third-order valence-electron chi connectivity index (χ3n) is 5.16. The van der Waals surface area contributed by atoms with Crippen molar-refractivity contribution in [2.24, 2.45) is 0 Å². The molecule has 0 saturated carbocycles. The number of ether oxygens (including phenoxy) is 3. The summed E-state index contributed by atoms with van der Waals surface area (Å²) in [5.41, 5.74) is 1.02. The van der Waals surface area contributed by atoms with Gasteiger partial charge in [0.2, 0.25) is 5.91 Å². The number of carbonyl (C=O) groups is 1. The molecule has 0 radical (unpaired) electrons. The topological polar surface area (TPSA) is 56.8 Å². The van der Waals surface area contributed by atoms with Crippen LogP contribution in [-0.2, 0) is 21.5 Å². The van der Waals surface area contributed by atoms with E-state index in [4.69, 9.17) is 14.2 Å². The Hall–Kier alpha value is -2.60. The van der Waals surface area contributed by atoms with Gasteiger partial charge >= 0.3 is 0 Å². The Morgan fingerprint density at radius 2 is 1.86 bits per heavy atom. The second-order valence-corrected chi connectivity index (χ2v) is 6.80. The lowest BCUT2D eigenvalue weighted by Gasteiger charge is -2.36. The molecule has 0 aromatic heterocycles. The lowest BCUT2D eigenvalue weighted by atomic mass is 9.73. The summed E-state index contributed by atoms with van der Waals surface area (Å²) in [5.74, 6) is 0.920. The summed E-state index contributed by atoms with van der Waals surface area (Å²) < 4.78 is 29.7. The van der Waals surface area contributed by atoms with Crippen LogP contribution >= 0.6 is 0 Å². The van der Waals surface area contributed by atoms with Crippen molar-refractivity contribution < 1.29 is 23.4 Å². The number of carbonyl (C=O) groups excluding carboxylic acids is 1. The highest BCUT2D eigenvalue weighted by Crippen LogP contribution is 2.35. The fraction of sp³-hybridized carbons (Fsp3) is 0.409. The molecular formula is C22H26FNO4. The molecule has 0 aliphatic carbocycles. The van der Waals surface area contributed by atoms with Crippen LogP contribution in [0.4, 0.5) is 4.39 Å². The number of hydrogen-bond donors (Lipinski definition) is 1. The largest absolute Gasteiger partial charge is 0.493 e. The predicted octanol–water partition coefficient (Wildman–Crippen LogP) is 3.60. The van der Waals surface area contributed by atoms with Gasteiger partial charge in [-0.25, -0.2) is 4.39 Å². The summed E-state index contributed by atoms with van der Waals surface area (Å²) in [7, 11) is 1.59. The molecule has 0 unspecified atom stereocenters. The minimum Gasteiger partial charge on any atom is -0.493 e. The molecule has 3 rings (SSSR count). The first-order chi connectivity index (χ1) is 13.6. The van der Waals surface area contributed by atoms with E-state index < -0.39 is 5.41 Å². The van der Waals surface area contributed by atoms with Crippen LogP contribution in [-0.4, -0.2) is 32.8 Å². The van der Waals surface area contributed by atoms with Gasteiger partial charge in [-0.3, -0.25) is 4.79 Å². The van der Waals surface area contributed by atoms with Gasteiger partial charge in [0.1, 0.15) is 5.82 Å². The van der Waals surface area contributed by atoms with Gasteiger partial charge in [0.25, 0.3) is 0 Å². The minimum atomic E-state index is -0.707. The molecule has 28 heavy (non-hydrogen) atoms. The van der Waals surface area contributed by atoms with E-state index in [1.165, 1.54) is 12.1 Å². The molecule has 1 amide bonds. The first kappa shape index (κ1) is 20.1. The number of rotatable bonds is 7. The fourth-order valence-electron chi connectivity index (χ4n) is 3.58. The average molecular weight is 387 g/mol. The normalized spacial score (nSPS) is 15.7. The van der Waals surface area contributed by atoms with E-state index in [1.807, 2.05) is 25.1 Å². The second-order valence-electron chi connectivity index (χ2n) is 6.80. The summed E-state index contributed by atoms with van der Waals surface area (Å²) in [6, 6.07) is 11.8. The molecule has 1 heterocycles. The molecule has 5 nitrogen and oxygen atoms in total. The zero-order valence-electron chi connectivity index (χ0n) is 16.3. The number of nitrogens with one attached hydrogen (secondary N) is 1. The molecule has 0 bridgehead atoms. The van der Waals surface area contributed by atoms with Crippen LogP contribution in [0.2, 0.25) is 0 Å². The SMILES string of the molecule is CCOc1ccc(CNC(=O)C2(c3ccc(F)cc3)CCOCC2)cc1OC. The highest BCUT2D eigenvalue weighted by atomic mass is 19.1. The molecule has 6 heteroatoms. The van der Waals surface area contributed by atoms with Crippen LogP contribution in [0.3, 0.4) is 0 Å². The molecule has 150 valence electrons. The fourth-order valence-corrected chi connectivity index (χ4v) is 3.58. The Morgan fingerprint density at radius 1 is 1.14 bits per heavy atom. The van der Waals surface area contributed by atoms with Crippen LogP contribution in [0.25, 0.3) is 0 Å². The standard InChI is InChI=1S/C22H26FNO4/c1-3-28-19-9-4-16(14-20(19)26-2)15-24-21(25)22(10-12-27-13-11-22)17-5-7-18(23)8-6-17/h4-9,14H,3,10-13,15H2,1-2H3,(H,24,25). The number of hydrogen-bond acceptors (Lipinski definition) is 4. The van der Waals surface area contributed by atoms with Gasteiger partial charge in [0.15, 0.2) is 11.5 Å². The maximum atomic E-state index is 13.4. The van der Waals surface area contributed by atoms with Crippen molar-refractivity contribution in [3.05, 3.63) is 59.4 Å². The third kappa shape index (κ3) is 4.28. The van der Waals surface area contributed by atoms with Gasteiger partial charge in [-0.2, -0.15) is 0 Å². The Morgan fingerprint density at radius 3 is 2.50 bits per heavy atom. The van der Waals surface area contributed by atoms with E-state index in [9.17, 15) is 9.18 Å². The van der Waals surface area contributed by atoms with E-state index in [0.717, 1.165) is 11.1 Å². The number of halogens is 1. The quantitative estimate of drug-likeness (QED) is 0.789. The first-order valence-corrected chi connectivity index (χ1v) is 9.51. The van der Waals surface area contributed by atoms with Crippen LogP contribution in [0, 0.1) is 5.82 Å². The average Bonchev–Trinajstić information content (AvgIpc) is 2.74.